The maximum Gasteiger partial charge on any atom is 0.240 e. The predicted molar refractivity (Wildman–Crippen MR) is 114 cm³/mol. The summed E-state index contributed by atoms with van der Waals surface area (Å²) in [7, 11) is 1.31. The van der Waals surface area contributed by atoms with Gasteiger partial charge < -0.3 is 20.1 Å². The summed E-state index contributed by atoms with van der Waals surface area (Å²) in [4.78, 5) is 4.39. The van der Waals surface area contributed by atoms with Crippen LogP contribution in [0, 0.1) is 6.92 Å². The number of hydrogen-bond donors (Lipinski definition) is 3. The highest BCUT2D eigenvalue weighted by molar-refractivity contribution is 7.89. The van der Waals surface area contributed by atoms with Crippen molar-refractivity contribution in [1.82, 2.24) is 15.4 Å². The van der Waals surface area contributed by atoms with Crippen LogP contribution in [0.3, 0.4) is 0 Å². The van der Waals surface area contributed by atoms with Gasteiger partial charge in [0.25, 0.3) is 0 Å². The topological polar surface area (TPSA) is 101 Å². The van der Waals surface area contributed by atoms with Gasteiger partial charge in [-0.25, -0.2) is 13.1 Å². The van der Waals surface area contributed by atoms with E-state index in [-0.39, 0.29) is 11.4 Å². The Hall–Kier alpha value is -2.78. The van der Waals surface area contributed by atoms with E-state index in [1.165, 1.54) is 0 Å². The number of aryl methyl sites for hydroxylation is 1. The standard InChI is InChI=1S/C20H28N4O4S/c1-15-5-8-17(9-6-15)29(25,26)24-12-11-22-20(21-2)23-14-16-7-10-18(27-3)19(13-16)28-4/h5-10,13,24H,11-12,14H2,1-4H3,(H2,21,22,23). The third-order valence-corrected chi connectivity index (χ3v) is 5.65. The maximum atomic E-state index is 12.3. The highest BCUT2D eigenvalue weighted by Gasteiger charge is 2.12. The van der Waals surface area contributed by atoms with E-state index >= 15 is 0 Å². The molecule has 0 fully saturated rings. The fraction of sp³-hybridized carbons (Fsp3) is 0.350. The summed E-state index contributed by atoms with van der Waals surface area (Å²) >= 11 is 0. The Morgan fingerprint density at radius 2 is 1.66 bits per heavy atom. The molecular weight excluding hydrogens is 392 g/mol. The number of ether oxygens (including phenoxy) is 2. The van der Waals surface area contributed by atoms with Crippen LogP contribution in [-0.4, -0.2) is 48.7 Å². The molecule has 0 bridgehead atoms. The first-order valence-corrected chi connectivity index (χ1v) is 10.6. The lowest BCUT2D eigenvalue weighted by Gasteiger charge is -2.14. The summed E-state index contributed by atoms with van der Waals surface area (Å²) in [5.74, 6) is 1.88. The fourth-order valence-electron chi connectivity index (χ4n) is 2.56. The summed E-state index contributed by atoms with van der Waals surface area (Å²) in [5, 5.41) is 6.26. The first kappa shape index (κ1) is 22.5. The molecular formula is C20H28N4O4S. The number of rotatable bonds is 9. The maximum absolute atomic E-state index is 12.3. The molecule has 3 N–H and O–H groups in total. The molecule has 0 radical (unpaired) electrons. The fourth-order valence-corrected chi connectivity index (χ4v) is 3.60. The van der Waals surface area contributed by atoms with Gasteiger partial charge in [0.05, 0.1) is 19.1 Å². The first-order valence-electron chi connectivity index (χ1n) is 9.11. The van der Waals surface area contributed by atoms with Crippen molar-refractivity contribution in [3.8, 4) is 11.5 Å². The smallest absolute Gasteiger partial charge is 0.240 e. The number of nitrogens with zero attached hydrogens (tertiary/aromatic N) is 1. The second-order valence-electron chi connectivity index (χ2n) is 6.25. The van der Waals surface area contributed by atoms with Crippen molar-refractivity contribution >= 4 is 16.0 Å². The zero-order valence-corrected chi connectivity index (χ0v) is 18.0. The molecule has 0 aromatic heterocycles. The number of methoxy groups -OCH3 is 2. The predicted octanol–water partition coefficient (Wildman–Crippen LogP) is 1.66. The second kappa shape index (κ2) is 10.7. The Bertz CT molecular complexity index is 928. The molecule has 2 aromatic rings. The zero-order chi connectivity index (χ0) is 21.3. The number of guanidine groups is 1. The van der Waals surface area contributed by atoms with Crippen LogP contribution >= 0.6 is 0 Å². The molecule has 0 saturated heterocycles. The second-order valence-corrected chi connectivity index (χ2v) is 8.02. The van der Waals surface area contributed by atoms with Crippen molar-refractivity contribution in [2.24, 2.45) is 4.99 Å². The third-order valence-electron chi connectivity index (χ3n) is 4.17. The molecule has 0 heterocycles. The van der Waals surface area contributed by atoms with Crippen LogP contribution in [0.1, 0.15) is 11.1 Å². The van der Waals surface area contributed by atoms with Gasteiger partial charge in [-0.3, -0.25) is 4.99 Å². The van der Waals surface area contributed by atoms with E-state index in [2.05, 4.69) is 20.3 Å². The number of benzene rings is 2. The molecule has 29 heavy (non-hydrogen) atoms. The Balaban J connectivity index is 1.81. The van der Waals surface area contributed by atoms with E-state index in [0.29, 0.717) is 30.5 Å². The molecule has 0 amide bonds. The minimum absolute atomic E-state index is 0.229. The van der Waals surface area contributed by atoms with E-state index in [1.54, 1.807) is 45.5 Å². The van der Waals surface area contributed by atoms with Crippen LogP contribution in [0.15, 0.2) is 52.4 Å². The molecule has 8 nitrogen and oxygen atoms in total. The molecule has 0 spiro atoms. The number of hydrogen-bond acceptors (Lipinski definition) is 5. The molecule has 0 saturated carbocycles. The van der Waals surface area contributed by atoms with E-state index in [0.717, 1.165) is 11.1 Å². The molecule has 0 aliphatic carbocycles. The van der Waals surface area contributed by atoms with Crippen LogP contribution in [0.25, 0.3) is 0 Å². The van der Waals surface area contributed by atoms with Crippen LogP contribution in [0.2, 0.25) is 0 Å². The normalized spacial score (nSPS) is 11.8. The zero-order valence-electron chi connectivity index (χ0n) is 17.2. The van der Waals surface area contributed by atoms with Crippen molar-refractivity contribution in [3.63, 3.8) is 0 Å². The minimum atomic E-state index is -3.53. The van der Waals surface area contributed by atoms with Crippen molar-refractivity contribution in [1.29, 1.82) is 0 Å². The lowest BCUT2D eigenvalue weighted by Crippen LogP contribution is -2.41. The average molecular weight is 421 g/mol. The average Bonchev–Trinajstić information content (AvgIpc) is 2.73. The number of sulfonamides is 1. The van der Waals surface area contributed by atoms with Gasteiger partial charge in [0.1, 0.15) is 0 Å². The monoisotopic (exact) mass is 420 g/mol. The van der Waals surface area contributed by atoms with Gasteiger partial charge >= 0.3 is 0 Å². The largest absolute Gasteiger partial charge is 0.493 e. The highest BCUT2D eigenvalue weighted by atomic mass is 32.2. The molecule has 158 valence electrons. The van der Waals surface area contributed by atoms with E-state index < -0.39 is 10.0 Å². The molecule has 0 aliphatic rings. The quantitative estimate of drug-likeness (QED) is 0.324. The van der Waals surface area contributed by atoms with Crippen molar-refractivity contribution in [3.05, 3.63) is 53.6 Å². The number of aliphatic imine (C=N–C) groups is 1. The summed E-state index contributed by atoms with van der Waals surface area (Å²) < 4.78 is 37.7. The lowest BCUT2D eigenvalue weighted by molar-refractivity contribution is 0.354. The lowest BCUT2D eigenvalue weighted by atomic mass is 10.2. The molecule has 0 unspecified atom stereocenters. The van der Waals surface area contributed by atoms with Crippen molar-refractivity contribution < 1.29 is 17.9 Å². The van der Waals surface area contributed by atoms with Crippen LogP contribution in [0.5, 0.6) is 11.5 Å². The van der Waals surface area contributed by atoms with Gasteiger partial charge in [0, 0.05) is 26.7 Å². The SMILES string of the molecule is CN=C(NCCNS(=O)(=O)c1ccc(C)cc1)NCc1ccc(OC)c(OC)c1. The Kier molecular flexibility index (Phi) is 8.29. The Labute approximate surface area is 172 Å². The van der Waals surface area contributed by atoms with Crippen LogP contribution < -0.4 is 24.8 Å². The summed E-state index contributed by atoms with van der Waals surface area (Å²) in [6.07, 6.45) is 0. The molecule has 9 heteroatoms. The minimum Gasteiger partial charge on any atom is -0.493 e. The third kappa shape index (κ3) is 6.65. The summed E-state index contributed by atoms with van der Waals surface area (Å²) in [6, 6.07) is 12.4. The summed E-state index contributed by atoms with van der Waals surface area (Å²) in [5.41, 5.74) is 2.00. The van der Waals surface area contributed by atoms with Crippen LogP contribution in [0.4, 0.5) is 0 Å². The Morgan fingerprint density at radius 1 is 0.966 bits per heavy atom. The van der Waals surface area contributed by atoms with E-state index in [9.17, 15) is 8.42 Å². The summed E-state index contributed by atoms with van der Waals surface area (Å²) in [6.45, 7) is 3.05. The van der Waals surface area contributed by atoms with Gasteiger partial charge in [-0.15, -0.1) is 0 Å². The van der Waals surface area contributed by atoms with Crippen LogP contribution in [-0.2, 0) is 16.6 Å². The van der Waals surface area contributed by atoms with Gasteiger partial charge in [-0.1, -0.05) is 23.8 Å². The van der Waals surface area contributed by atoms with Gasteiger partial charge in [-0.05, 0) is 36.8 Å². The molecule has 2 aromatic carbocycles. The van der Waals surface area contributed by atoms with E-state index in [4.69, 9.17) is 9.47 Å². The Morgan fingerprint density at radius 3 is 2.28 bits per heavy atom. The molecule has 0 aliphatic heterocycles. The number of nitrogens with one attached hydrogen (secondary N) is 3. The van der Waals surface area contributed by atoms with Gasteiger partial charge in [0.2, 0.25) is 10.0 Å². The highest BCUT2D eigenvalue weighted by Crippen LogP contribution is 2.27. The molecule has 2 rings (SSSR count). The molecule has 0 atom stereocenters. The van der Waals surface area contributed by atoms with Crippen molar-refractivity contribution in [2.45, 2.75) is 18.4 Å². The van der Waals surface area contributed by atoms with E-state index in [1.807, 2.05) is 25.1 Å². The van der Waals surface area contributed by atoms with Gasteiger partial charge in [0.15, 0.2) is 17.5 Å². The first-order chi connectivity index (χ1) is 13.9. The van der Waals surface area contributed by atoms with Gasteiger partial charge in [-0.2, -0.15) is 0 Å². The van der Waals surface area contributed by atoms with Crippen molar-refractivity contribution in [2.75, 3.05) is 34.4 Å².